The molecule has 1 aromatic carbocycles. The third-order valence-electron chi connectivity index (χ3n) is 2.97. The van der Waals surface area contributed by atoms with Crippen LogP contribution >= 0.6 is 0 Å². The molecule has 22 heavy (non-hydrogen) atoms. The average Bonchev–Trinajstić information content (AvgIpc) is 2.90. The summed E-state index contributed by atoms with van der Waals surface area (Å²) in [5.41, 5.74) is -1.36. The molecule has 0 spiro atoms. The van der Waals surface area contributed by atoms with Crippen molar-refractivity contribution >= 4 is 11.5 Å². The predicted octanol–water partition coefficient (Wildman–Crippen LogP) is 2.38. The van der Waals surface area contributed by atoms with Crippen LogP contribution < -0.4 is 0 Å². The minimum absolute atomic E-state index is 0.0766. The molecular formula is C13H13N3O6. The van der Waals surface area contributed by atoms with E-state index in [-0.39, 0.29) is 23.2 Å². The Morgan fingerprint density at radius 1 is 1.41 bits per heavy atom. The van der Waals surface area contributed by atoms with Gasteiger partial charge in [0.15, 0.2) is 11.5 Å². The summed E-state index contributed by atoms with van der Waals surface area (Å²) in [4.78, 5) is 26.0. The number of rotatable bonds is 4. The topological polar surface area (TPSA) is 140 Å². The molecule has 0 unspecified atom stereocenters. The van der Waals surface area contributed by atoms with Gasteiger partial charge in [0.1, 0.15) is 5.56 Å². The van der Waals surface area contributed by atoms with Crippen molar-refractivity contribution in [1.29, 1.82) is 0 Å². The van der Waals surface area contributed by atoms with Crippen LogP contribution in [-0.2, 0) is 0 Å². The highest BCUT2D eigenvalue weighted by molar-refractivity contribution is 6.05. The number of nitro benzene ring substituents is 1. The van der Waals surface area contributed by atoms with Gasteiger partial charge in [-0.05, 0) is 13.0 Å². The Labute approximate surface area is 124 Å². The third-order valence-corrected chi connectivity index (χ3v) is 2.97. The Hall–Kier alpha value is -2.97. The summed E-state index contributed by atoms with van der Waals surface area (Å²) in [6.07, 6.45) is 0. The van der Waals surface area contributed by atoms with E-state index in [1.54, 1.807) is 13.8 Å². The Balaban J connectivity index is 2.79. The number of phenolic OH excluding ortho intramolecular Hbond substituents is 2. The summed E-state index contributed by atoms with van der Waals surface area (Å²) in [5.74, 6) is -2.28. The van der Waals surface area contributed by atoms with Crippen molar-refractivity contribution in [3.05, 3.63) is 27.6 Å². The van der Waals surface area contributed by atoms with Crippen molar-refractivity contribution in [2.75, 3.05) is 0 Å². The minimum Gasteiger partial charge on any atom is -0.504 e. The van der Waals surface area contributed by atoms with Crippen LogP contribution in [0.5, 0.6) is 11.5 Å². The number of carbonyl (C=O) groups excluding carboxylic acids is 1. The number of ketones is 1. The molecule has 0 radical (unpaired) electrons. The van der Waals surface area contributed by atoms with Crippen molar-refractivity contribution < 1.29 is 24.5 Å². The molecule has 2 N–H and O–H groups in total. The third kappa shape index (κ3) is 2.48. The summed E-state index contributed by atoms with van der Waals surface area (Å²) in [5, 5.41) is 34.1. The van der Waals surface area contributed by atoms with Crippen LogP contribution in [0.1, 0.15) is 42.9 Å². The molecule has 0 aliphatic rings. The lowest BCUT2D eigenvalue weighted by Crippen LogP contribution is -2.04. The molecule has 1 heterocycles. The molecular weight excluding hydrogens is 294 g/mol. The number of phenols is 2. The first-order valence-electron chi connectivity index (χ1n) is 6.32. The largest absolute Gasteiger partial charge is 0.504 e. The standard InChI is InChI=1S/C13H13N3O6/c1-5(2)13-14-12(15-22-13)7-4-8(18)11(19)10(16(20)21)9(7)6(3)17/h4-5,18-19H,1-3H3. The number of nitrogens with zero attached hydrogens (tertiary/aromatic N) is 3. The number of aromatic nitrogens is 2. The molecule has 0 saturated heterocycles. The number of hydrogen-bond donors (Lipinski definition) is 2. The second-order valence-corrected chi connectivity index (χ2v) is 4.94. The minimum atomic E-state index is -0.980. The lowest BCUT2D eigenvalue weighted by Gasteiger charge is -2.07. The van der Waals surface area contributed by atoms with Gasteiger partial charge in [0.05, 0.1) is 4.92 Å². The summed E-state index contributed by atoms with van der Waals surface area (Å²) >= 11 is 0. The van der Waals surface area contributed by atoms with Gasteiger partial charge in [-0.15, -0.1) is 0 Å². The molecule has 2 aromatic rings. The van der Waals surface area contributed by atoms with Gasteiger partial charge < -0.3 is 14.7 Å². The number of carbonyl (C=O) groups is 1. The number of Topliss-reactive ketones (excluding diaryl/α,β-unsaturated/α-hetero) is 1. The zero-order valence-electron chi connectivity index (χ0n) is 12.0. The number of benzene rings is 1. The average molecular weight is 307 g/mol. The van der Waals surface area contributed by atoms with Gasteiger partial charge in [0, 0.05) is 11.5 Å². The van der Waals surface area contributed by atoms with Gasteiger partial charge >= 0.3 is 5.69 Å². The highest BCUT2D eigenvalue weighted by atomic mass is 16.6. The number of hydrogen-bond acceptors (Lipinski definition) is 8. The first-order chi connectivity index (χ1) is 10.2. The van der Waals surface area contributed by atoms with Crippen LogP contribution in [0.4, 0.5) is 5.69 Å². The molecule has 0 fully saturated rings. The van der Waals surface area contributed by atoms with Crippen LogP contribution in [0.2, 0.25) is 0 Å². The van der Waals surface area contributed by atoms with E-state index in [9.17, 15) is 25.1 Å². The first kappa shape index (κ1) is 15.4. The number of nitro groups is 1. The van der Waals surface area contributed by atoms with Gasteiger partial charge in [-0.3, -0.25) is 14.9 Å². The highest BCUT2D eigenvalue weighted by Crippen LogP contribution is 2.43. The molecule has 116 valence electrons. The van der Waals surface area contributed by atoms with E-state index < -0.39 is 33.5 Å². The van der Waals surface area contributed by atoms with Gasteiger partial charge in [-0.2, -0.15) is 4.98 Å². The van der Waals surface area contributed by atoms with Crippen molar-refractivity contribution in [3.8, 4) is 22.9 Å². The molecule has 2 rings (SSSR count). The summed E-state index contributed by atoms with van der Waals surface area (Å²) in [7, 11) is 0. The van der Waals surface area contributed by atoms with Gasteiger partial charge in [0.2, 0.25) is 17.5 Å². The summed E-state index contributed by atoms with van der Waals surface area (Å²) < 4.78 is 5.00. The van der Waals surface area contributed by atoms with Crippen LogP contribution in [0.15, 0.2) is 10.6 Å². The van der Waals surface area contributed by atoms with E-state index in [1.807, 2.05) is 0 Å². The highest BCUT2D eigenvalue weighted by Gasteiger charge is 2.31. The molecule has 0 saturated carbocycles. The van der Waals surface area contributed by atoms with Gasteiger partial charge in [-0.1, -0.05) is 19.0 Å². The van der Waals surface area contributed by atoms with Crippen molar-refractivity contribution in [1.82, 2.24) is 10.1 Å². The van der Waals surface area contributed by atoms with Crippen LogP contribution in [0.25, 0.3) is 11.4 Å². The second-order valence-electron chi connectivity index (χ2n) is 4.94. The van der Waals surface area contributed by atoms with Gasteiger partial charge in [-0.25, -0.2) is 0 Å². The van der Waals surface area contributed by atoms with Crippen LogP contribution in [0.3, 0.4) is 0 Å². The summed E-state index contributed by atoms with van der Waals surface area (Å²) in [6, 6.07) is 0.994. The Bertz CT molecular complexity index is 765. The van der Waals surface area contributed by atoms with Gasteiger partial charge in [0.25, 0.3) is 0 Å². The van der Waals surface area contributed by atoms with E-state index in [0.717, 1.165) is 13.0 Å². The maximum atomic E-state index is 11.8. The molecule has 9 nitrogen and oxygen atoms in total. The molecule has 1 aromatic heterocycles. The Kier molecular flexibility index (Phi) is 3.81. The van der Waals surface area contributed by atoms with Crippen molar-refractivity contribution in [2.45, 2.75) is 26.7 Å². The summed E-state index contributed by atoms with van der Waals surface area (Å²) in [6.45, 7) is 4.71. The smallest absolute Gasteiger partial charge is 0.326 e. The lowest BCUT2D eigenvalue weighted by molar-refractivity contribution is -0.386. The molecule has 0 bridgehead atoms. The van der Waals surface area contributed by atoms with Crippen LogP contribution in [0, 0.1) is 10.1 Å². The second kappa shape index (κ2) is 5.43. The SMILES string of the molecule is CC(=O)c1c(-c2noc(C(C)C)n2)cc(O)c(O)c1[N+](=O)[O-]. The zero-order chi connectivity index (χ0) is 16.6. The van der Waals surface area contributed by atoms with Crippen LogP contribution in [-0.4, -0.2) is 31.1 Å². The van der Waals surface area contributed by atoms with Crippen molar-refractivity contribution in [3.63, 3.8) is 0 Å². The van der Waals surface area contributed by atoms with E-state index in [4.69, 9.17) is 4.52 Å². The normalized spacial score (nSPS) is 10.9. The maximum absolute atomic E-state index is 11.8. The number of aromatic hydroxyl groups is 2. The van der Waals surface area contributed by atoms with E-state index in [1.165, 1.54) is 0 Å². The first-order valence-corrected chi connectivity index (χ1v) is 6.32. The fourth-order valence-electron chi connectivity index (χ4n) is 1.93. The monoisotopic (exact) mass is 307 g/mol. The molecule has 0 aliphatic carbocycles. The lowest BCUT2D eigenvalue weighted by atomic mass is 10.00. The van der Waals surface area contributed by atoms with E-state index in [2.05, 4.69) is 10.1 Å². The van der Waals surface area contributed by atoms with E-state index >= 15 is 0 Å². The van der Waals surface area contributed by atoms with Crippen molar-refractivity contribution in [2.24, 2.45) is 0 Å². The van der Waals surface area contributed by atoms with E-state index in [0.29, 0.717) is 0 Å². The fourth-order valence-corrected chi connectivity index (χ4v) is 1.93. The fraction of sp³-hybridized carbons (Fsp3) is 0.308. The Morgan fingerprint density at radius 2 is 2.05 bits per heavy atom. The Morgan fingerprint density at radius 3 is 2.50 bits per heavy atom. The molecule has 0 amide bonds. The quantitative estimate of drug-likeness (QED) is 0.379. The zero-order valence-corrected chi connectivity index (χ0v) is 12.0. The molecule has 9 heteroatoms. The predicted molar refractivity (Wildman–Crippen MR) is 73.8 cm³/mol. The molecule has 0 aliphatic heterocycles. The molecule has 0 atom stereocenters. The maximum Gasteiger partial charge on any atom is 0.326 e.